The van der Waals surface area contributed by atoms with Gasteiger partial charge in [-0.1, -0.05) is 23.2 Å². The van der Waals surface area contributed by atoms with Gasteiger partial charge in [0.05, 0.1) is 16.3 Å². The second-order valence-corrected chi connectivity index (χ2v) is 6.54. The van der Waals surface area contributed by atoms with Gasteiger partial charge in [-0.3, -0.25) is 0 Å². The highest BCUT2D eigenvalue weighted by molar-refractivity contribution is 6.36. The number of benzene rings is 1. The van der Waals surface area contributed by atoms with Crippen LogP contribution in [0.5, 0.6) is 5.75 Å². The number of phenolic OH excluding ortho intramolecular Hbond substituents is 1. The molecule has 3 rings (SSSR count). The largest absolute Gasteiger partial charge is 0.507 e. The van der Waals surface area contributed by atoms with Crippen LogP contribution in [-0.4, -0.2) is 40.1 Å². The standard InChI is InChI=1S/C16H17Cl2N3O2/c17-11-6-12(18)16(14(23)7-11)13-3-4-15(20-19-13)21-5-1-2-10(8-21)9-22/h3-4,6-7,10,22-23H,1-2,5,8-9H2/t10-/m0/s1. The molecule has 5 nitrogen and oxygen atoms in total. The van der Waals surface area contributed by atoms with Crippen LogP contribution in [0.2, 0.25) is 10.0 Å². The highest BCUT2D eigenvalue weighted by Crippen LogP contribution is 2.37. The van der Waals surface area contributed by atoms with Gasteiger partial charge in [-0.2, -0.15) is 0 Å². The summed E-state index contributed by atoms with van der Waals surface area (Å²) in [6, 6.07) is 6.62. The fourth-order valence-corrected chi connectivity index (χ4v) is 3.44. The third-order valence-electron chi connectivity index (χ3n) is 4.04. The Balaban J connectivity index is 1.85. The molecule has 2 N–H and O–H groups in total. The van der Waals surface area contributed by atoms with Crippen LogP contribution >= 0.6 is 23.2 Å². The SMILES string of the molecule is OC[C@H]1CCCN(c2ccc(-c3c(O)cc(Cl)cc3Cl)nn2)C1. The molecule has 0 unspecified atom stereocenters. The van der Waals surface area contributed by atoms with E-state index >= 15 is 0 Å². The van der Waals surface area contributed by atoms with Crippen LogP contribution in [0.25, 0.3) is 11.3 Å². The van der Waals surface area contributed by atoms with Gasteiger partial charge in [-0.25, -0.2) is 0 Å². The molecule has 1 fully saturated rings. The summed E-state index contributed by atoms with van der Waals surface area (Å²) in [5.74, 6) is 1.01. The maximum Gasteiger partial charge on any atom is 0.151 e. The molecule has 1 aliphatic rings. The number of aliphatic hydroxyl groups excluding tert-OH is 1. The molecule has 1 aliphatic heterocycles. The molecule has 1 saturated heterocycles. The molecule has 2 aromatic rings. The number of aromatic nitrogens is 2. The molecular formula is C16H17Cl2N3O2. The van der Waals surface area contributed by atoms with Crippen LogP contribution in [-0.2, 0) is 0 Å². The van der Waals surface area contributed by atoms with Gasteiger partial charge in [0.2, 0.25) is 0 Å². The van der Waals surface area contributed by atoms with E-state index in [1.165, 1.54) is 6.07 Å². The molecule has 0 bridgehead atoms. The van der Waals surface area contributed by atoms with Crippen molar-refractivity contribution in [3.8, 4) is 17.0 Å². The Hall–Kier alpha value is -1.56. The summed E-state index contributed by atoms with van der Waals surface area (Å²) in [4.78, 5) is 2.12. The number of rotatable bonds is 3. The lowest BCUT2D eigenvalue weighted by Gasteiger charge is -2.32. The predicted molar refractivity (Wildman–Crippen MR) is 91.2 cm³/mol. The van der Waals surface area contributed by atoms with Gasteiger partial charge >= 0.3 is 0 Å². The Morgan fingerprint density at radius 3 is 2.70 bits per heavy atom. The smallest absolute Gasteiger partial charge is 0.151 e. The highest BCUT2D eigenvalue weighted by Gasteiger charge is 2.21. The molecule has 2 heterocycles. The van der Waals surface area contributed by atoms with Crippen LogP contribution in [0.3, 0.4) is 0 Å². The van der Waals surface area contributed by atoms with Gasteiger partial charge in [0, 0.05) is 24.7 Å². The number of anilines is 1. The van der Waals surface area contributed by atoms with Crippen LogP contribution in [0, 0.1) is 5.92 Å². The van der Waals surface area contributed by atoms with E-state index in [2.05, 4.69) is 15.1 Å². The maximum atomic E-state index is 10.0. The number of aliphatic hydroxyl groups is 1. The Morgan fingerprint density at radius 1 is 1.22 bits per heavy atom. The Bertz CT molecular complexity index is 671. The predicted octanol–water partition coefficient (Wildman–Crippen LogP) is 3.36. The van der Waals surface area contributed by atoms with Crippen molar-refractivity contribution < 1.29 is 10.2 Å². The molecule has 7 heteroatoms. The summed E-state index contributed by atoms with van der Waals surface area (Å²) in [6.07, 6.45) is 2.06. The molecule has 1 atom stereocenters. The van der Waals surface area contributed by atoms with Gasteiger partial charge < -0.3 is 15.1 Å². The zero-order chi connectivity index (χ0) is 16.4. The van der Waals surface area contributed by atoms with Crippen molar-refractivity contribution in [2.75, 3.05) is 24.6 Å². The second kappa shape index (κ2) is 6.91. The molecule has 0 saturated carbocycles. The molecule has 0 spiro atoms. The summed E-state index contributed by atoms with van der Waals surface area (Å²) in [6.45, 7) is 1.87. The first-order chi connectivity index (χ1) is 11.1. The van der Waals surface area contributed by atoms with Crippen molar-refractivity contribution >= 4 is 29.0 Å². The number of hydrogen-bond acceptors (Lipinski definition) is 5. The van der Waals surface area contributed by atoms with E-state index < -0.39 is 0 Å². The Labute approximate surface area is 144 Å². The van der Waals surface area contributed by atoms with Crippen LogP contribution in [0.1, 0.15) is 12.8 Å². The molecular weight excluding hydrogens is 337 g/mol. The first-order valence-electron chi connectivity index (χ1n) is 7.46. The normalized spacial score (nSPS) is 18.2. The van der Waals surface area contributed by atoms with Gasteiger partial charge in [0.15, 0.2) is 5.82 Å². The average molecular weight is 354 g/mol. The number of phenols is 1. The summed E-state index contributed by atoms with van der Waals surface area (Å²) in [5.41, 5.74) is 0.908. The van der Waals surface area contributed by atoms with E-state index in [0.29, 0.717) is 21.3 Å². The minimum atomic E-state index is -0.0251. The Kier molecular flexibility index (Phi) is 4.90. The molecule has 1 aromatic heterocycles. The van der Waals surface area contributed by atoms with Crippen molar-refractivity contribution in [3.63, 3.8) is 0 Å². The fourth-order valence-electron chi connectivity index (χ4n) is 2.86. The monoisotopic (exact) mass is 353 g/mol. The number of nitrogens with zero attached hydrogens (tertiary/aromatic N) is 3. The van der Waals surface area contributed by atoms with Crippen molar-refractivity contribution in [2.45, 2.75) is 12.8 Å². The van der Waals surface area contributed by atoms with Crippen LogP contribution < -0.4 is 4.90 Å². The lowest BCUT2D eigenvalue weighted by atomic mass is 9.99. The van der Waals surface area contributed by atoms with E-state index in [1.54, 1.807) is 12.1 Å². The summed E-state index contributed by atoms with van der Waals surface area (Å²) < 4.78 is 0. The van der Waals surface area contributed by atoms with Crippen molar-refractivity contribution in [3.05, 3.63) is 34.3 Å². The van der Waals surface area contributed by atoms with Crippen molar-refractivity contribution in [2.24, 2.45) is 5.92 Å². The highest BCUT2D eigenvalue weighted by atomic mass is 35.5. The van der Waals surface area contributed by atoms with E-state index in [0.717, 1.165) is 31.7 Å². The first kappa shape index (κ1) is 16.3. The summed E-state index contributed by atoms with van der Waals surface area (Å²) >= 11 is 12.0. The van der Waals surface area contributed by atoms with Crippen LogP contribution in [0.4, 0.5) is 5.82 Å². The quantitative estimate of drug-likeness (QED) is 0.885. The third-order valence-corrected chi connectivity index (χ3v) is 4.56. The molecule has 0 aliphatic carbocycles. The van der Waals surface area contributed by atoms with E-state index in [4.69, 9.17) is 23.2 Å². The zero-order valence-electron chi connectivity index (χ0n) is 12.4. The molecule has 1 aromatic carbocycles. The van der Waals surface area contributed by atoms with Crippen molar-refractivity contribution in [1.29, 1.82) is 0 Å². The summed E-state index contributed by atoms with van der Waals surface area (Å²) in [5, 5.41) is 28.5. The number of aromatic hydroxyl groups is 1. The summed E-state index contributed by atoms with van der Waals surface area (Å²) in [7, 11) is 0. The molecule has 122 valence electrons. The second-order valence-electron chi connectivity index (χ2n) is 5.70. The molecule has 0 amide bonds. The minimum Gasteiger partial charge on any atom is -0.507 e. The lowest BCUT2D eigenvalue weighted by Crippen LogP contribution is -2.37. The van der Waals surface area contributed by atoms with Crippen LogP contribution in [0.15, 0.2) is 24.3 Å². The molecule has 0 radical (unpaired) electrons. The Morgan fingerprint density at radius 2 is 2.04 bits per heavy atom. The van der Waals surface area contributed by atoms with Gasteiger partial charge in [-0.05, 0) is 43.0 Å². The minimum absolute atomic E-state index is 0.0251. The fraction of sp³-hybridized carbons (Fsp3) is 0.375. The van der Waals surface area contributed by atoms with Gasteiger partial charge in [0.1, 0.15) is 5.75 Å². The lowest BCUT2D eigenvalue weighted by molar-refractivity contribution is 0.208. The zero-order valence-corrected chi connectivity index (χ0v) is 13.9. The van der Waals surface area contributed by atoms with Gasteiger partial charge in [0.25, 0.3) is 0 Å². The first-order valence-corrected chi connectivity index (χ1v) is 8.22. The number of halogens is 2. The average Bonchev–Trinajstić information content (AvgIpc) is 2.54. The van der Waals surface area contributed by atoms with E-state index in [9.17, 15) is 10.2 Å². The maximum absolute atomic E-state index is 10.0. The van der Waals surface area contributed by atoms with E-state index in [-0.39, 0.29) is 18.3 Å². The van der Waals surface area contributed by atoms with Gasteiger partial charge in [-0.15, -0.1) is 10.2 Å². The van der Waals surface area contributed by atoms with Crippen molar-refractivity contribution in [1.82, 2.24) is 10.2 Å². The van der Waals surface area contributed by atoms with E-state index in [1.807, 2.05) is 6.07 Å². The molecule has 23 heavy (non-hydrogen) atoms. The topological polar surface area (TPSA) is 69.5 Å². The number of hydrogen-bond donors (Lipinski definition) is 2. The third kappa shape index (κ3) is 3.52. The number of piperidine rings is 1.